The van der Waals surface area contributed by atoms with E-state index >= 15 is 0 Å². The number of rotatable bonds is 2. The minimum atomic E-state index is 0.135. The maximum absolute atomic E-state index is 11.7. The van der Waals surface area contributed by atoms with Gasteiger partial charge in [0.1, 0.15) is 0 Å². The first-order chi connectivity index (χ1) is 7.75. The van der Waals surface area contributed by atoms with Crippen molar-refractivity contribution in [3.8, 4) is 0 Å². The zero-order valence-corrected chi connectivity index (χ0v) is 10.2. The fourth-order valence-electron chi connectivity index (χ4n) is 2.50. The Kier molecular flexibility index (Phi) is 4.04. The maximum Gasteiger partial charge on any atom is 0.317 e. The van der Waals surface area contributed by atoms with Crippen LogP contribution in [0.3, 0.4) is 0 Å². The molecule has 2 amide bonds. The molecule has 0 radical (unpaired) electrons. The number of carbonyl (C=O) groups excluding carboxylic acids is 1. The highest BCUT2D eigenvalue weighted by Crippen LogP contribution is 2.13. The fraction of sp³-hybridized carbons (Fsp3) is 0.917. The first-order valence-corrected chi connectivity index (χ1v) is 6.52. The van der Waals surface area contributed by atoms with Crippen LogP contribution in [0.15, 0.2) is 0 Å². The molecular formula is C12H23N3O. The fourth-order valence-corrected chi connectivity index (χ4v) is 2.50. The summed E-state index contributed by atoms with van der Waals surface area (Å²) >= 11 is 0. The van der Waals surface area contributed by atoms with Crippen molar-refractivity contribution in [2.45, 2.75) is 38.6 Å². The van der Waals surface area contributed by atoms with E-state index in [1.807, 2.05) is 4.90 Å². The van der Waals surface area contributed by atoms with Gasteiger partial charge >= 0.3 is 6.03 Å². The Hall–Kier alpha value is -0.770. The van der Waals surface area contributed by atoms with E-state index in [1.54, 1.807) is 0 Å². The van der Waals surface area contributed by atoms with Crippen LogP contribution in [0.25, 0.3) is 0 Å². The van der Waals surface area contributed by atoms with Gasteiger partial charge in [0.2, 0.25) is 0 Å². The second-order valence-corrected chi connectivity index (χ2v) is 5.13. The second-order valence-electron chi connectivity index (χ2n) is 5.13. The van der Waals surface area contributed by atoms with Gasteiger partial charge in [-0.25, -0.2) is 4.79 Å². The van der Waals surface area contributed by atoms with Gasteiger partial charge in [0, 0.05) is 25.7 Å². The van der Waals surface area contributed by atoms with Gasteiger partial charge in [-0.05, 0) is 45.1 Å². The first-order valence-electron chi connectivity index (χ1n) is 6.52. The molecule has 2 heterocycles. The molecule has 16 heavy (non-hydrogen) atoms. The molecule has 0 aliphatic carbocycles. The van der Waals surface area contributed by atoms with Gasteiger partial charge < -0.3 is 15.5 Å². The lowest BCUT2D eigenvalue weighted by molar-refractivity contribution is 0.204. The van der Waals surface area contributed by atoms with Gasteiger partial charge in [-0.2, -0.15) is 0 Å². The van der Waals surface area contributed by atoms with Crippen LogP contribution in [0.4, 0.5) is 4.79 Å². The van der Waals surface area contributed by atoms with Gasteiger partial charge in [0.05, 0.1) is 0 Å². The molecule has 0 saturated carbocycles. The average Bonchev–Trinajstić information content (AvgIpc) is 2.81. The Morgan fingerprint density at radius 2 is 2.12 bits per heavy atom. The topological polar surface area (TPSA) is 44.4 Å². The summed E-state index contributed by atoms with van der Waals surface area (Å²) in [7, 11) is 0. The molecule has 0 aromatic rings. The average molecular weight is 225 g/mol. The maximum atomic E-state index is 11.7. The lowest BCUT2D eigenvalue weighted by Crippen LogP contribution is -2.45. The van der Waals surface area contributed by atoms with Crippen molar-refractivity contribution < 1.29 is 4.79 Å². The number of amides is 2. The van der Waals surface area contributed by atoms with E-state index in [9.17, 15) is 4.79 Å². The molecule has 2 saturated heterocycles. The third-order valence-corrected chi connectivity index (χ3v) is 3.70. The third-order valence-electron chi connectivity index (χ3n) is 3.70. The van der Waals surface area contributed by atoms with E-state index in [2.05, 4.69) is 17.6 Å². The largest absolute Gasteiger partial charge is 0.338 e. The van der Waals surface area contributed by atoms with Crippen molar-refractivity contribution >= 4 is 6.03 Å². The van der Waals surface area contributed by atoms with Gasteiger partial charge in [-0.3, -0.25) is 0 Å². The molecule has 4 nitrogen and oxygen atoms in total. The van der Waals surface area contributed by atoms with Crippen molar-refractivity contribution in [2.24, 2.45) is 5.92 Å². The number of piperidine rings is 1. The van der Waals surface area contributed by atoms with Crippen molar-refractivity contribution in [3.63, 3.8) is 0 Å². The van der Waals surface area contributed by atoms with Crippen LogP contribution in [0, 0.1) is 5.92 Å². The lowest BCUT2D eigenvalue weighted by Gasteiger charge is -2.28. The number of nitrogens with zero attached hydrogens (tertiary/aromatic N) is 1. The highest BCUT2D eigenvalue weighted by Gasteiger charge is 2.21. The predicted molar refractivity (Wildman–Crippen MR) is 64.4 cm³/mol. The number of likely N-dealkylation sites (tertiary alicyclic amines) is 1. The molecular weight excluding hydrogens is 202 g/mol. The van der Waals surface area contributed by atoms with Gasteiger partial charge in [0.15, 0.2) is 0 Å². The van der Waals surface area contributed by atoms with Crippen LogP contribution in [-0.4, -0.2) is 43.2 Å². The summed E-state index contributed by atoms with van der Waals surface area (Å²) < 4.78 is 0. The minimum absolute atomic E-state index is 0.135. The number of hydrogen-bond acceptors (Lipinski definition) is 2. The Labute approximate surface area is 97.8 Å². The van der Waals surface area contributed by atoms with Crippen LogP contribution >= 0.6 is 0 Å². The van der Waals surface area contributed by atoms with Crippen LogP contribution in [0.2, 0.25) is 0 Å². The molecule has 2 fully saturated rings. The molecule has 0 aromatic heterocycles. The second kappa shape index (κ2) is 5.53. The zero-order chi connectivity index (χ0) is 11.4. The molecule has 2 N–H and O–H groups in total. The van der Waals surface area contributed by atoms with Crippen LogP contribution in [0.1, 0.15) is 32.6 Å². The number of carbonyl (C=O) groups is 1. The normalized spacial score (nSPS) is 30.4. The van der Waals surface area contributed by atoms with E-state index in [-0.39, 0.29) is 6.03 Å². The van der Waals surface area contributed by atoms with Crippen molar-refractivity contribution in [3.05, 3.63) is 0 Å². The highest BCUT2D eigenvalue weighted by atomic mass is 16.2. The molecule has 2 aliphatic heterocycles. The van der Waals surface area contributed by atoms with E-state index in [4.69, 9.17) is 0 Å². The summed E-state index contributed by atoms with van der Waals surface area (Å²) in [5.41, 5.74) is 0. The highest BCUT2D eigenvalue weighted by molar-refractivity contribution is 5.74. The molecule has 0 aromatic carbocycles. The Morgan fingerprint density at radius 3 is 2.75 bits per heavy atom. The standard InChI is InChI=1S/C12H23N3O/c1-10-4-5-11(8-13-10)9-14-12(16)15-6-2-3-7-15/h10-11,13H,2-9H2,1H3,(H,14,16). The number of urea groups is 1. The Bertz CT molecular complexity index is 230. The third kappa shape index (κ3) is 3.11. The summed E-state index contributed by atoms with van der Waals surface area (Å²) in [5.74, 6) is 0.614. The van der Waals surface area contributed by atoms with Gasteiger partial charge in [0.25, 0.3) is 0 Å². The molecule has 2 unspecified atom stereocenters. The number of hydrogen-bond donors (Lipinski definition) is 2. The predicted octanol–water partition coefficient (Wildman–Crippen LogP) is 1.18. The molecule has 2 atom stereocenters. The van der Waals surface area contributed by atoms with Gasteiger partial charge in [-0.1, -0.05) is 0 Å². The summed E-state index contributed by atoms with van der Waals surface area (Å²) in [5, 5.41) is 6.52. The molecule has 2 aliphatic rings. The van der Waals surface area contributed by atoms with E-state index < -0.39 is 0 Å². The minimum Gasteiger partial charge on any atom is -0.338 e. The first kappa shape index (κ1) is 11.7. The zero-order valence-electron chi connectivity index (χ0n) is 10.2. The van der Waals surface area contributed by atoms with Crippen LogP contribution in [0.5, 0.6) is 0 Å². The summed E-state index contributed by atoms with van der Waals surface area (Å²) in [4.78, 5) is 13.7. The summed E-state index contributed by atoms with van der Waals surface area (Å²) in [6.07, 6.45) is 4.78. The van der Waals surface area contributed by atoms with Crippen molar-refractivity contribution in [1.29, 1.82) is 0 Å². The summed E-state index contributed by atoms with van der Waals surface area (Å²) in [6, 6.07) is 0.779. The van der Waals surface area contributed by atoms with E-state index in [0.717, 1.165) is 39.0 Å². The Morgan fingerprint density at radius 1 is 1.38 bits per heavy atom. The van der Waals surface area contributed by atoms with E-state index in [1.165, 1.54) is 12.8 Å². The van der Waals surface area contributed by atoms with Crippen molar-refractivity contribution in [1.82, 2.24) is 15.5 Å². The monoisotopic (exact) mass is 225 g/mol. The Balaban J connectivity index is 1.65. The van der Waals surface area contributed by atoms with Crippen LogP contribution in [-0.2, 0) is 0 Å². The summed E-state index contributed by atoms with van der Waals surface area (Å²) in [6.45, 7) is 5.97. The quantitative estimate of drug-likeness (QED) is 0.741. The molecule has 0 bridgehead atoms. The number of nitrogens with one attached hydrogen (secondary N) is 2. The smallest absolute Gasteiger partial charge is 0.317 e. The lowest BCUT2D eigenvalue weighted by atomic mass is 9.95. The molecule has 92 valence electrons. The van der Waals surface area contributed by atoms with E-state index in [0.29, 0.717) is 12.0 Å². The van der Waals surface area contributed by atoms with Crippen molar-refractivity contribution in [2.75, 3.05) is 26.2 Å². The molecule has 0 spiro atoms. The SMILES string of the molecule is CC1CCC(CNC(=O)N2CCCC2)CN1. The molecule has 4 heteroatoms. The van der Waals surface area contributed by atoms with Gasteiger partial charge in [-0.15, -0.1) is 0 Å². The van der Waals surface area contributed by atoms with Crippen LogP contribution < -0.4 is 10.6 Å². The molecule has 2 rings (SSSR count).